The van der Waals surface area contributed by atoms with Crippen LogP contribution in [-0.2, 0) is 4.79 Å². The molecule has 0 aromatic heterocycles. The number of hydrogen-bond donors (Lipinski definition) is 2. The molecule has 1 rings (SSSR count). The Morgan fingerprint density at radius 1 is 1.35 bits per heavy atom. The summed E-state index contributed by atoms with van der Waals surface area (Å²) in [4.78, 5) is 21.6. The Bertz CT molecular complexity index is 443. The van der Waals surface area contributed by atoms with E-state index in [0.717, 1.165) is 0 Å². The highest BCUT2D eigenvalue weighted by atomic mass is 16.5. The van der Waals surface area contributed by atoms with Crippen molar-refractivity contribution < 1.29 is 24.2 Å². The fourth-order valence-corrected chi connectivity index (χ4v) is 1.16. The van der Waals surface area contributed by atoms with Gasteiger partial charge in [-0.2, -0.15) is 0 Å². The van der Waals surface area contributed by atoms with E-state index < -0.39 is 18.0 Å². The third-order valence-electron chi connectivity index (χ3n) is 2.10. The van der Waals surface area contributed by atoms with Gasteiger partial charge in [-0.1, -0.05) is 0 Å². The third-order valence-corrected chi connectivity index (χ3v) is 2.10. The van der Waals surface area contributed by atoms with Gasteiger partial charge >= 0.3 is 5.97 Å². The predicted molar refractivity (Wildman–Crippen MR) is 59.2 cm³/mol. The van der Waals surface area contributed by atoms with Crippen LogP contribution >= 0.6 is 0 Å². The highest BCUT2D eigenvalue weighted by Crippen LogP contribution is 2.28. The van der Waals surface area contributed by atoms with E-state index in [1.165, 1.54) is 32.2 Å². The number of hydrogen-bond acceptors (Lipinski definition) is 4. The minimum absolute atomic E-state index is 0.243. The molecule has 1 aromatic rings. The van der Waals surface area contributed by atoms with Crippen molar-refractivity contribution in [1.29, 1.82) is 0 Å². The molecule has 0 radical (unpaired) electrons. The zero-order valence-corrected chi connectivity index (χ0v) is 9.47. The first-order chi connectivity index (χ1) is 7.95. The number of benzene rings is 1. The Morgan fingerprint density at radius 3 is 2.47 bits per heavy atom. The van der Waals surface area contributed by atoms with Gasteiger partial charge < -0.3 is 20.3 Å². The maximum Gasteiger partial charge on any atom is 0.344 e. The number of rotatable bonds is 5. The number of carboxylic acid groups (broad SMARTS) is 1. The lowest BCUT2D eigenvalue weighted by molar-refractivity contribution is -0.144. The zero-order chi connectivity index (χ0) is 13.0. The molecule has 0 saturated heterocycles. The molecule has 0 aliphatic heterocycles. The lowest BCUT2D eigenvalue weighted by Crippen LogP contribution is -2.23. The minimum Gasteiger partial charge on any atom is -0.493 e. The van der Waals surface area contributed by atoms with E-state index in [9.17, 15) is 9.59 Å². The number of nitrogens with two attached hydrogens (primary N) is 1. The number of carbonyl (C=O) groups is 2. The number of methoxy groups -OCH3 is 1. The molecule has 0 spiro atoms. The van der Waals surface area contributed by atoms with E-state index in [1.807, 2.05) is 0 Å². The monoisotopic (exact) mass is 239 g/mol. The lowest BCUT2D eigenvalue weighted by Gasteiger charge is -2.14. The van der Waals surface area contributed by atoms with Crippen LogP contribution < -0.4 is 15.2 Å². The van der Waals surface area contributed by atoms with Gasteiger partial charge in [0, 0.05) is 5.56 Å². The summed E-state index contributed by atoms with van der Waals surface area (Å²) in [6.45, 7) is 1.39. The molecular weight excluding hydrogens is 226 g/mol. The molecule has 0 bridgehead atoms. The molecule has 0 aliphatic carbocycles. The number of primary amides is 1. The Hall–Kier alpha value is -2.24. The van der Waals surface area contributed by atoms with E-state index in [0.29, 0.717) is 0 Å². The van der Waals surface area contributed by atoms with Crippen LogP contribution in [0.2, 0.25) is 0 Å². The van der Waals surface area contributed by atoms with Gasteiger partial charge in [-0.3, -0.25) is 4.79 Å². The first-order valence-electron chi connectivity index (χ1n) is 4.83. The van der Waals surface area contributed by atoms with Crippen molar-refractivity contribution in [2.24, 2.45) is 5.73 Å². The van der Waals surface area contributed by atoms with Crippen molar-refractivity contribution in [3.8, 4) is 11.5 Å². The van der Waals surface area contributed by atoms with Crippen LogP contribution in [0.3, 0.4) is 0 Å². The first-order valence-corrected chi connectivity index (χ1v) is 4.83. The quantitative estimate of drug-likeness (QED) is 0.785. The summed E-state index contributed by atoms with van der Waals surface area (Å²) in [5, 5.41) is 8.71. The van der Waals surface area contributed by atoms with Crippen molar-refractivity contribution in [1.82, 2.24) is 0 Å². The number of carboxylic acids is 1. The van der Waals surface area contributed by atoms with E-state index >= 15 is 0 Å². The Balaban J connectivity index is 3.00. The summed E-state index contributed by atoms with van der Waals surface area (Å²) in [5.74, 6) is -1.19. The van der Waals surface area contributed by atoms with Gasteiger partial charge in [-0.25, -0.2) is 4.79 Å². The Morgan fingerprint density at radius 2 is 2.00 bits per heavy atom. The fraction of sp³-hybridized carbons (Fsp3) is 0.273. The first kappa shape index (κ1) is 12.8. The normalized spacial score (nSPS) is 11.6. The molecule has 0 aliphatic rings. The van der Waals surface area contributed by atoms with E-state index in [-0.39, 0.29) is 17.1 Å². The van der Waals surface area contributed by atoms with E-state index in [1.54, 1.807) is 0 Å². The maximum atomic E-state index is 10.9. The molecule has 0 fully saturated rings. The van der Waals surface area contributed by atoms with Gasteiger partial charge in [-0.05, 0) is 25.1 Å². The average Bonchev–Trinajstić information content (AvgIpc) is 2.28. The Labute approximate surface area is 97.9 Å². The number of carbonyl (C=O) groups excluding carboxylic acids is 1. The molecule has 6 nitrogen and oxygen atoms in total. The second-order valence-corrected chi connectivity index (χ2v) is 3.33. The van der Waals surface area contributed by atoms with E-state index in [2.05, 4.69) is 0 Å². The van der Waals surface area contributed by atoms with Crippen LogP contribution in [0.4, 0.5) is 0 Å². The number of aliphatic carboxylic acids is 1. The highest BCUT2D eigenvalue weighted by Gasteiger charge is 2.16. The predicted octanol–water partition coefficient (Wildman–Crippen LogP) is 0.646. The molecule has 3 N–H and O–H groups in total. The van der Waals surface area contributed by atoms with Gasteiger partial charge in [0.25, 0.3) is 0 Å². The van der Waals surface area contributed by atoms with Crippen molar-refractivity contribution in [3.05, 3.63) is 23.8 Å². The van der Waals surface area contributed by atoms with Crippen LogP contribution in [0.1, 0.15) is 17.3 Å². The van der Waals surface area contributed by atoms with Crippen molar-refractivity contribution in [2.75, 3.05) is 7.11 Å². The van der Waals surface area contributed by atoms with Crippen LogP contribution in [0, 0.1) is 0 Å². The molecule has 1 atom stereocenters. The molecule has 92 valence electrons. The van der Waals surface area contributed by atoms with Crippen LogP contribution in [0.5, 0.6) is 11.5 Å². The van der Waals surface area contributed by atoms with Crippen molar-refractivity contribution >= 4 is 11.9 Å². The lowest BCUT2D eigenvalue weighted by atomic mass is 10.2. The molecule has 0 unspecified atom stereocenters. The van der Waals surface area contributed by atoms with E-state index in [4.69, 9.17) is 20.3 Å². The smallest absolute Gasteiger partial charge is 0.344 e. The molecule has 0 saturated carbocycles. The molecule has 1 aromatic carbocycles. The molecule has 1 amide bonds. The molecular formula is C11H13NO5. The molecule has 17 heavy (non-hydrogen) atoms. The van der Waals surface area contributed by atoms with Gasteiger partial charge in [0.05, 0.1) is 7.11 Å². The van der Waals surface area contributed by atoms with Crippen LogP contribution in [0.15, 0.2) is 18.2 Å². The summed E-state index contributed by atoms with van der Waals surface area (Å²) < 4.78 is 10.1. The SMILES string of the molecule is COc1cc(C(N)=O)ccc1O[C@H](C)C(=O)O. The molecule has 0 heterocycles. The summed E-state index contributed by atoms with van der Waals surface area (Å²) in [6.07, 6.45) is -1.01. The minimum atomic E-state index is -1.09. The topological polar surface area (TPSA) is 98.9 Å². The summed E-state index contributed by atoms with van der Waals surface area (Å²) in [6, 6.07) is 4.28. The third kappa shape index (κ3) is 3.10. The summed E-state index contributed by atoms with van der Waals surface area (Å²) in [5.41, 5.74) is 5.37. The average molecular weight is 239 g/mol. The molecule has 6 heteroatoms. The second-order valence-electron chi connectivity index (χ2n) is 3.33. The fourth-order valence-electron chi connectivity index (χ4n) is 1.16. The Kier molecular flexibility index (Phi) is 3.92. The standard InChI is InChI=1S/C11H13NO5/c1-6(11(14)15)17-8-4-3-7(10(12)13)5-9(8)16-2/h3-6H,1-2H3,(H2,12,13)(H,14,15)/t6-/m1/s1. The summed E-state index contributed by atoms with van der Waals surface area (Å²) in [7, 11) is 1.39. The maximum absolute atomic E-state index is 10.9. The van der Waals surface area contributed by atoms with Gasteiger partial charge in [0.1, 0.15) is 0 Å². The second kappa shape index (κ2) is 5.20. The number of ether oxygens (including phenoxy) is 2. The van der Waals surface area contributed by atoms with Crippen LogP contribution in [-0.4, -0.2) is 30.2 Å². The van der Waals surface area contributed by atoms with Crippen LogP contribution in [0.25, 0.3) is 0 Å². The summed E-state index contributed by atoms with van der Waals surface area (Å²) >= 11 is 0. The van der Waals surface area contributed by atoms with Gasteiger partial charge in [0.15, 0.2) is 17.6 Å². The van der Waals surface area contributed by atoms with Gasteiger partial charge in [-0.15, -0.1) is 0 Å². The van der Waals surface area contributed by atoms with Crippen molar-refractivity contribution in [2.45, 2.75) is 13.0 Å². The number of amides is 1. The zero-order valence-electron chi connectivity index (χ0n) is 9.47. The largest absolute Gasteiger partial charge is 0.493 e. The van der Waals surface area contributed by atoms with Gasteiger partial charge in [0.2, 0.25) is 5.91 Å². The van der Waals surface area contributed by atoms with Crippen molar-refractivity contribution in [3.63, 3.8) is 0 Å². The highest BCUT2D eigenvalue weighted by molar-refractivity contribution is 5.93.